The fraction of sp³-hybridized carbons (Fsp3) is 0.571. The van der Waals surface area contributed by atoms with E-state index in [1.54, 1.807) is 14.2 Å². The highest BCUT2D eigenvalue weighted by molar-refractivity contribution is 5.62. The van der Waals surface area contributed by atoms with Gasteiger partial charge in [0, 0.05) is 19.2 Å². The van der Waals surface area contributed by atoms with Gasteiger partial charge in [-0.05, 0) is 25.1 Å². The first-order chi connectivity index (χ1) is 9.28. The molecule has 0 aromatic heterocycles. The first kappa shape index (κ1) is 14.0. The number of anilines is 1. The van der Waals surface area contributed by atoms with E-state index in [2.05, 4.69) is 4.90 Å². The topological polar surface area (TPSA) is 57.0 Å². The molecule has 1 saturated heterocycles. The normalized spacial score (nSPS) is 19.3. The molecule has 1 unspecified atom stereocenters. The molecule has 1 aliphatic rings. The summed E-state index contributed by atoms with van der Waals surface area (Å²) in [6, 6.07) is 5.84. The van der Waals surface area contributed by atoms with Gasteiger partial charge in [-0.1, -0.05) is 0 Å². The second-order valence-corrected chi connectivity index (χ2v) is 4.55. The van der Waals surface area contributed by atoms with E-state index in [0.29, 0.717) is 13.2 Å². The predicted molar refractivity (Wildman–Crippen MR) is 75.2 cm³/mol. The van der Waals surface area contributed by atoms with Crippen LogP contribution in [0.25, 0.3) is 0 Å². The lowest BCUT2D eigenvalue weighted by atomic mass is 10.1. The summed E-state index contributed by atoms with van der Waals surface area (Å²) >= 11 is 0. The smallest absolute Gasteiger partial charge is 0.142 e. The summed E-state index contributed by atoms with van der Waals surface area (Å²) in [4.78, 5) is 2.27. The molecule has 2 N–H and O–H groups in total. The summed E-state index contributed by atoms with van der Waals surface area (Å²) in [7, 11) is 3.35. The summed E-state index contributed by atoms with van der Waals surface area (Å²) in [6.07, 6.45) is 1.07. The monoisotopic (exact) mass is 266 g/mol. The Labute approximate surface area is 114 Å². The molecule has 0 saturated carbocycles. The highest BCUT2D eigenvalue weighted by atomic mass is 16.5. The maximum Gasteiger partial charge on any atom is 0.142 e. The van der Waals surface area contributed by atoms with Crippen molar-refractivity contribution >= 4 is 5.69 Å². The molecule has 0 spiro atoms. The van der Waals surface area contributed by atoms with Crippen LogP contribution in [0.3, 0.4) is 0 Å². The van der Waals surface area contributed by atoms with E-state index in [-0.39, 0.29) is 6.10 Å². The van der Waals surface area contributed by atoms with Crippen LogP contribution < -0.4 is 20.1 Å². The number of methoxy groups -OCH3 is 2. The highest BCUT2D eigenvalue weighted by Gasteiger charge is 2.22. The van der Waals surface area contributed by atoms with Crippen LogP contribution in [-0.2, 0) is 4.74 Å². The van der Waals surface area contributed by atoms with E-state index in [1.807, 2.05) is 18.2 Å². The van der Waals surface area contributed by atoms with Crippen molar-refractivity contribution in [1.82, 2.24) is 0 Å². The third kappa shape index (κ3) is 3.30. The summed E-state index contributed by atoms with van der Waals surface area (Å²) < 4.78 is 16.4. The molecule has 5 nitrogen and oxygen atoms in total. The molecule has 2 rings (SSSR count). The average molecular weight is 266 g/mol. The fourth-order valence-corrected chi connectivity index (χ4v) is 2.34. The van der Waals surface area contributed by atoms with Crippen molar-refractivity contribution in [2.45, 2.75) is 12.5 Å². The van der Waals surface area contributed by atoms with Gasteiger partial charge in [0.15, 0.2) is 0 Å². The number of nitrogens with zero attached hydrogens (tertiary/aromatic N) is 1. The first-order valence-corrected chi connectivity index (χ1v) is 6.57. The van der Waals surface area contributed by atoms with Crippen LogP contribution in [0, 0.1) is 0 Å². The second kappa shape index (κ2) is 6.63. The van der Waals surface area contributed by atoms with Crippen molar-refractivity contribution in [2.24, 2.45) is 5.73 Å². The Morgan fingerprint density at radius 2 is 2.21 bits per heavy atom. The lowest BCUT2D eigenvalue weighted by molar-refractivity contribution is 0.0367. The Kier molecular flexibility index (Phi) is 4.87. The van der Waals surface area contributed by atoms with E-state index in [0.717, 1.165) is 36.7 Å². The van der Waals surface area contributed by atoms with E-state index in [1.165, 1.54) is 0 Å². The largest absolute Gasteiger partial charge is 0.497 e. The van der Waals surface area contributed by atoms with Gasteiger partial charge in [-0.3, -0.25) is 0 Å². The van der Waals surface area contributed by atoms with Crippen molar-refractivity contribution in [2.75, 3.05) is 45.4 Å². The molecule has 0 aliphatic carbocycles. The first-order valence-electron chi connectivity index (χ1n) is 6.57. The van der Waals surface area contributed by atoms with Crippen LogP contribution in [-0.4, -0.2) is 46.6 Å². The Hall–Kier alpha value is -1.46. The van der Waals surface area contributed by atoms with Gasteiger partial charge in [0.25, 0.3) is 0 Å². The van der Waals surface area contributed by atoms with Gasteiger partial charge < -0.3 is 24.8 Å². The van der Waals surface area contributed by atoms with Crippen LogP contribution in [0.1, 0.15) is 6.42 Å². The van der Waals surface area contributed by atoms with Crippen molar-refractivity contribution in [3.63, 3.8) is 0 Å². The van der Waals surface area contributed by atoms with Crippen LogP contribution in [0.2, 0.25) is 0 Å². The summed E-state index contributed by atoms with van der Waals surface area (Å²) in [5, 5.41) is 0. The molecule has 0 radical (unpaired) electrons. The molecule has 1 aliphatic heterocycles. The highest BCUT2D eigenvalue weighted by Crippen LogP contribution is 2.33. The van der Waals surface area contributed by atoms with Crippen LogP contribution in [0.5, 0.6) is 11.5 Å². The SMILES string of the molecule is COc1ccc(OC)c(N2CCOC(CCN)C2)c1. The minimum absolute atomic E-state index is 0.189. The number of rotatable bonds is 5. The Balaban J connectivity index is 2.19. The van der Waals surface area contributed by atoms with Gasteiger partial charge in [0.05, 0.1) is 32.6 Å². The molecule has 0 amide bonds. The lowest BCUT2D eigenvalue weighted by Gasteiger charge is -2.35. The fourth-order valence-electron chi connectivity index (χ4n) is 2.34. The molecule has 106 valence electrons. The van der Waals surface area contributed by atoms with Crippen LogP contribution in [0.15, 0.2) is 18.2 Å². The Bertz CT molecular complexity index is 410. The minimum Gasteiger partial charge on any atom is -0.497 e. The zero-order chi connectivity index (χ0) is 13.7. The van der Waals surface area contributed by atoms with Crippen LogP contribution >= 0.6 is 0 Å². The molecule has 19 heavy (non-hydrogen) atoms. The third-order valence-corrected chi connectivity index (χ3v) is 3.35. The maximum atomic E-state index is 5.71. The zero-order valence-corrected chi connectivity index (χ0v) is 11.6. The predicted octanol–water partition coefficient (Wildman–Crippen LogP) is 1.26. The molecular formula is C14H22N2O3. The van der Waals surface area contributed by atoms with E-state index in [4.69, 9.17) is 19.9 Å². The number of hydrogen-bond acceptors (Lipinski definition) is 5. The quantitative estimate of drug-likeness (QED) is 0.869. The number of ether oxygens (including phenoxy) is 3. The van der Waals surface area contributed by atoms with Gasteiger partial charge in [-0.25, -0.2) is 0 Å². The van der Waals surface area contributed by atoms with E-state index >= 15 is 0 Å². The summed E-state index contributed by atoms with van der Waals surface area (Å²) in [5.74, 6) is 1.69. The number of morpholine rings is 1. The third-order valence-electron chi connectivity index (χ3n) is 3.35. The van der Waals surface area contributed by atoms with Crippen molar-refractivity contribution in [1.29, 1.82) is 0 Å². The van der Waals surface area contributed by atoms with Crippen molar-refractivity contribution in [3.8, 4) is 11.5 Å². The van der Waals surface area contributed by atoms with Gasteiger partial charge in [-0.2, -0.15) is 0 Å². The summed E-state index contributed by atoms with van der Waals surface area (Å²) in [5.41, 5.74) is 6.65. The zero-order valence-electron chi connectivity index (χ0n) is 11.6. The molecule has 1 heterocycles. The molecular weight excluding hydrogens is 244 g/mol. The maximum absolute atomic E-state index is 5.71. The Morgan fingerprint density at radius 1 is 1.37 bits per heavy atom. The van der Waals surface area contributed by atoms with Gasteiger partial charge in [-0.15, -0.1) is 0 Å². The molecule has 5 heteroatoms. The molecule has 0 bridgehead atoms. The summed E-state index contributed by atoms with van der Waals surface area (Å²) in [6.45, 7) is 3.05. The molecule has 1 aromatic rings. The average Bonchev–Trinajstić information content (AvgIpc) is 2.47. The number of benzene rings is 1. The number of hydrogen-bond donors (Lipinski definition) is 1. The van der Waals surface area contributed by atoms with Crippen molar-refractivity contribution < 1.29 is 14.2 Å². The van der Waals surface area contributed by atoms with Gasteiger partial charge >= 0.3 is 0 Å². The second-order valence-electron chi connectivity index (χ2n) is 4.55. The molecule has 1 atom stereocenters. The van der Waals surface area contributed by atoms with Crippen molar-refractivity contribution in [3.05, 3.63) is 18.2 Å². The number of nitrogens with two attached hydrogens (primary N) is 1. The standard InChI is InChI=1S/C14H22N2O3/c1-17-11-3-4-14(18-2)13(9-11)16-7-8-19-12(10-16)5-6-15/h3-4,9,12H,5-8,10,15H2,1-2H3. The lowest BCUT2D eigenvalue weighted by Crippen LogP contribution is -2.43. The van der Waals surface area contributed by atoms with E-state index in [9.17, 15) is 0 Å². The minimum atomic E-state index is 0.189. The van der Waals surface area contributed by atoms with Gasteiger partial charge in [0.1, 0.15) is 11.5 Å². The van der Waals surface area contributed by atoms with Crippen LogP contribution in [0.4, 0.5) is 5.69 Å². The molecule has 1 aromatic carbocycles. The molecule has 1 fully saturated rings. The van der Waals surface area contributed by atoms with Gasteiger partial charge in [0.2, 0.25) is 0 Å². The Morgan fingerprint density at radius 3 is 2.89 bits per heavy atom. The van der Waals surface area contributed by atoms with E-state index < -0.39 is 0 Å².